The van der Waals surface area contributed by atoms with Gasteiger partial charge in [-0.1, -0.05) is 78.9 Å². The SMILES string of the molecule is N#Cc1cccc(-c2ccc3c(c2)c2ccccc2n3-c2ccc(C#N)c(-c3cc(-c4cc(C(F)(F)F)cc(C(F)(F)F)c4)ccc3-n3c4ccccc4c4cc(-c5cccc(C#N)c5)ccc43)c2)c1. The van der Waals surface area contributed by atoms with Gasteiger partial charge in [0.15, 0.2) is 0 Å². The number of hydrogen-bond donors (Lipinski definition) is 0. The fraction of sp³-hybridized carbons (Fsp3) is 0.0339. The van der Waals surface area contributed by atoms with Crippen molar-refractivity contribution in [2.45, 2.75) is 12.4 Å². The van der Waals surface area contributed by atoms with E-state index >= 15 is 0 Å². The van der Waals surface area contributed by atoms with Gasteiger partial charge in [0.05, 0.1) is 73.8 Å². The van der Waals surface area contributed by atoms with Crippen LogP contribution in [0.15, 0.2) is 188 Å². The molecule has 0 atom stereocenters. The standard InChI is InChI=1S/C59H31F6N5/c60-58(61,62)44-25-43(26-45(30-44)59(63,64)65)41-18-22-57(70-54-14-4-2-12-48(54)51-28-40(17-21-56(51)70)38-10-6-8-36(24-38)33-67)52(29-41)49-31-46(19-15-42(49)34-68)69-53-13-3-1-11-47(53)50-27-39(16-20-55(50)69)37-9-5-7-35(23-37)32-66/h1-31H. The van der Waals surface area contributed by atoms with Crippen LogP contribution in [0.1, 0.15) is 27.8 Å². The second kappa shape index (κ2) is 16.4. The third-order valence-corrected chi connectivity index (χ3v) is 12.8. The number of para-hydroxylation sites is 2. The Labute approximate surface area is 395 Å². The van der Waals surface area contributed by atoms with Crippen molar-refractivity contribution in [1.82, 2.24) is 9.13 Å². The first-order chi connectivity index (χ1) is 33.8. The van der Waals surface area contributed by atoms with Gasteiger partial charge in [-0.25, -0.2) is 0 Å². The molecular weight excluding hydrogens is 893 g/mol. The number of halogens is 6. The topological polar surface area (TPSA) is 81.2 Å². The first-order valence-corrected chi connectivity index (χ1v) is 21.9. The second-order valence-corrected chi connectivity index (χ2v) is 16.9. The number of nitrogens with zero attached hydrogens (tertiary/aromatic N) is 5. The zero-order chi connectivity index (χ0) is 48.5. The molecule has 0 N–H and O–H groups in total. The van der Waals surface area contributed by atoms with Crippen LogP contribution in [-0.2, 0) is 12.4 Å². The molecule has 0 aliphatic rings. The lowest BCUT2D eigenvalue weighted by molar-refractivity contribution is -0.143. The van der Waals surface area contributed by atoms with E-state index in [4.69, 9.17) is 0 Å². The fourth-order valence-electron chi connectivity index (χ4n) is 9.62. The largest absolute Gasteiger partial charge is 0.416 e. The van der Waals surface area contributed by atoms with E-state index in [0.29, 0.717) is 45.8 Å². The number of benzene rings is 9. The fourth-order valence-corrected chi connectivity index (χ4v) is 9.62. The molecule has 11 heteroatoms. The van der Waals surface area contributed by atoms with Crippen LogP contribution >= 0.6 is 0 Å². The molecule has 70 heavy (non-hydrogen) atoms. The van der Waals surface area contributed by atoms with Gasteiger partial charge in [0.2, 0.25) is 0 Å². The molecule has 0 fully saturated rings. The lowest BCUT2D eigenvalue weighted by atomic mass is 9.92. The van der Waals surface area contributed by atoms with Gasteiger partial charge in [-0.05, 0) is 143 Å². The molecule has 0 saturated heterocycles. The maximum Gasteiger partial charge on any atom is 0.416 e. The third-order valence-electron chi connectivity index (χ3n) is 12.8. The number of nitriles is 3. The van der Waals surface area contributed by atoms with Crippen LogP contribution in [0, 0.1) is 34.0 Å². The van der Waals surface area contributed by atoms with Crippen LogP contribution in [0.3, 0.4) is 0 Å². The van der Waals surface area contributed by atoms with E-state index in [0.717, 1.165) is 65.9 Å². The summed E-state index contributed by atoms with van der Waals surface area (Å²) in [6, 6.07) is 60.3. The smallest absolute Gasteiger partial charge is 0.309 e. The minimum Gasteiger partial charge on any atom is -0.309 e. The summed E-state index contributed by atoms with van der Waals surface area (Å²) in [6.45, 7) is 0. The molecule has 2 aromatic heterocycles. The van der Waals surface area contributed by atoms with Crippen molar-refractivity contribution >= 4 is 43.6 Å². The summed E-state index contributed by atoms with van der Waals surface area (Å²) >= 11 is 0. The summed E-state index contributed by atoms with van der Waals surface area (Å²) in [7, 11) is 0. The Hall–Kier alpha value is -9.37. The summed E-state index contributed by atoms with van der Waals surface area (Å²) in [5.41, 5.74) is 6.58. The molecular formula is C59H31F6N5. The Morgan fingerprint density at radius 3 is 1.37 bits per heavy atom. The predicted molar refractivity (Wildman–Crippen MR) is 261 cm³/mol. The minimum atomic E-state index is -5.08. The van der Waals surface area contributed by atoms with Gasteiger partial charge in [-0.3, -0.25) is 0 Å². The lowest BCUT2D eigenvalue weighted by Gasteiger charge is -2.19. The zero-order valence-electron chi connectivity index (χ0n) is 36.4. The predicted octanol–water partition coefficient (Wildman–Crippen LogP) is 16.2. The van der Waals surface area contributed by atoms with Gasteiger partial charge in [-0.2, -0.15) is 42.1 Å². The maximum atomic E-state index is 14.3. The van der Waals surface area contributed by atoms with Crippen LogP contribution in [0.25, 0.3) is 99.5 Å². The molecule has 2 heterocycles. The van der Waals surface area contributed by atoms with Gasteiger partial charge >= 0.3 is 12.4 Å². The normalized spacial score (nSPS) is 11.8. The average molecular weight is 924 g/mol. The Balaban J connectivity index is 1.18. The molecule has 334 valence electrons. The number of aromatic nitrogens is 2. The van der Waals surface area contributed by atoms with Gasteiger partial charge < -0.3 is 9.13 Å². The Morgan fingerprint density at radius 1 is 0.343 bits per heavy atom. The van der Waals surface area contributed by atoms with Gasteiger partial charge in [0.1, 0.15) is 0 Å². The second-order valence-electron chi connectivity index (χ2n) is 16.9. The van der Waals surface area contributed by atoms with E-state index in [2.05, 4.69) is 28.8 Å². The van der Waals surface area contributed by atoms with Crippen molar-refractivity contribution in [2.24, 2.45) is 0 Å². The van der Waals surface area contributed by atoms with Gasteiger partial charge in [-0.15, -0.1) is 0 Å². The molecule has 0 saturated carbocycles. The number of fused-ring (bicyclic) bond motifs is 6. The van der Waals surface area contributed by atoms with Crippen molar-refractivity contribution in [1.29, 1.82) is 15.8 Å². The van der Waals surface area contributed by atoms with Crippen LogP contribution in [0.5, 0.6) is 0 Å². The monoisotopic (exact) mass is 923 g/mol. The van der Waals surface area contributed by atoms with Gasteiger partial charge in [0, 0.05) is 38.4 Å². The first-order valence-electron chi connectivity index (χ1n) is 21.9. The number of rotatable bonds is 6. The summed E-state index contributed by atoms with van der Waals surface area (Å²) < 4.78 is 90.0. The van der Waals surface area contributed by atoms with E-state index in [-0.39, 0.29) is 22.8 Å². The lowest BCUT2D eigenvalue weighted by Crippen LogP contribution is -2.11. The highest BCUT2D eigenvalue weighted by atomic mass is 19.4. The molecule has 0 aliphatic carbocycles. The number of hydrogen-bond acceptors (Lipinski definition) is 3. The number of alkyl halides is 6. The van der Waals surface area contributed by atoms with Crippen molar-refractivity contribution < 1.29 is 26.3 Å². The molecule has 5 nitrogen and oxygen atoms in total. The van der Waals surface area contributed by atoms with E-state index < -0.39 is 23.5 Å². The molecule has 9 aromatic carbocycles. The van der Waals surface area contributed by atoms with E-state index in [9.17, 15) is 42.1 Å². The highest BCUT2D eigenvalue weighted by Gasteiger charge is 2.37. The Morgan fingerprint density at radius 2 is 0.829 bits per heavy atom. The summed E-state index contributed by atoms with van der Waals surface area (Å²) in [5, 5.41) is 33.6. The van der Waals surface area contributed by atoms with Crippen molar-refractivity contribution in [3.8, 4) is 74.1 Å². The van der Waals surface area contributed by atoms with Crippen LogP contribution in [-0.4, -0.2) is 9.13 Å². The third kappa shape index (κ3) is 7.36. The van der Waals surface area contributed by atoms with Crippen molar-refractivity contribution in [2.75, 3.05) is 0 Å². The summed E-state index contributed by atoms with van der Waals surface area (Å²) in [6.07, 6.45) is -10.2. The average Bonchev–Trinajstić information content (AvgIpc) is 3.89. The molecule has 0 aliphatic heterocycles. The first kappa shape index (κ1) is 43.2. The molecule has 0 unspecified atom stereocenters. The van der Waals surface area contributed by atoms with Crippen LogP contribution < -0.4 is 0 Å². The van der Waals surface area contributed by atoms with Gasteiger partial charge in [0.25, 0.3) is 0 Å². The molecule has 11 aromatic rings. The maximum absolute atomic E-state index is 14.3. The molecule has 11 rings (SSSR count). The minimum absolute atomic E-state index is 0.0648. The van der Waals surface area contributed by atoms with E-state index in [1.165, 1.54) is 6.07 Å². The van der Waals surface area contributed by atoms with Crippen molar-refractivity contribution in [3.63, 3.8) is 0 Å². The van der Waals surface area contributed by atoms with E-state index in [1.807, 2.05) is 126 Å². The van der Waals surface area contributed by atoms with E-state index in [1.54, 1.807) is 36.4 Å². The van der Waals surface area contributed by atoms with Crippen molar-refractivity contribution in [3.05, 3.63) is 216 Å². The zero-order valence-corrected chi connectivity index (χ0v) is 36.4. The summed E-state index contributed by atoms with van der Waals surface area (Å²) in [5.74, 6) is 0. The van der Waals surface area contributed by atoms with Crippen LogP contribution in [0.2, 0.25) is 0 Å². The Bertz CT molecular complexity index is 4060. The molecule has 0 spiro atoms. The summed E-state index contributed by atoms with van der Waals surface area (Å²) in [4.78, 5) is 0. The quantitative estimate of drug-likeness (QED) is 0.156. The highest BCUT2D eigenvalue weighted by Crippen LogP contribution is 2.44. The molecule has 0 amide bonds. The Kier molecular flexibility index (Phi) is 10.2. The van der Waals surface area contributed by atoms with Crippen LogP contribution in [0.4, 0.5) is 26.3 Å². The highest BCUT2D eigenvalue weighted by molar-refractivity contribution is 6.12. The molecule has 0 radical (unpaired) electrons. The molecule has 0 bridgehead atoms.